The summed E-state index contributed by atoms with van der Waals surface area (Å²) in [6.07, 6.45) is 1.27. The van der Waals surface area contributed by atoms with Crippen molar-refractivity contribution < 1.29 is 18.9 Å². The van der Waals surface area contributed by atoms with E-state index in [0.29, 0.717) is 5.75 Å². The van der Waals surface area contributed by atoms with Gasteiger partial charge in [0, 0.05) is 39.6 Å². The van der Waals surface area contributed by atoms with Gasteiger partial charge in [0.2, 0.25) is 0 Å². The van der Waals surface area contributed by atoms with Crippen LogP contribution in [0.2, 0.25) is 0 Å². The van der Waals surface area contributed by atoms with Gasteiger partial charge in [0.15, 0.2) is 0 Å². The number of nitrogens with one attached hydrogen (secondary N) is 1. The van der Waals surface area contributed by atoms with Crippen molar-refractivity contribution in [3.63, 3.8) is 0 Å². The average molecular weight is 298 g/mol. The molecule has 0 bridgehead atoms. The second-order valence-electron chi connectivity index (χ2n) is 5.15. The molecule has 7 heteroatoms. The highest BCUT2D eigenvalue weighted by Gasteiger charge is 2.19. The quantitative estimate of drug-likeness (QED) is 0.847. The molecule has 1 unspecified atom stereocenters. The van der Waals surface area contributed by atoms with Crippen LogP contribution >= 0.6 is 0 Å². The van der Waals surface area contributed by atoms with Crippen LogP contribution in [0, 0.1) is 0 Å². The standard InChI is InChI=1S/C13H18N2O4S/c1-13(2,3)20(19)7-6-15-11(16)9-4-5-14-10(8-9)12(17)18/h4-5,8H,6-7H2,1-3H3,(H,15,16)(H,17,18). The van der Waals surface area contributed by atoms with Crippen LogP contribution in [0.25, 0.3) is 0 Å². The number of hydrogen-bond acceptors (Lipinski definition) is 4. The number of aromatic nitrogens is 1. The summed E-state index contributed by atoms with van der Waals surface area (Å²) in [7, 11) is -1.04. The van der Waals surface area contributed by atoms with Crippen LogP contribution in [-0.4, -0.2) is 43.2 Å². The van der Waals surface area contributed by atoms with E-state index in [2.05, 4.69) is 10.3 Å². The lowest BCUT2D eigenvalue weighted by Gasteiger charge is -2.17. The molecule has 0 aromatic carbocycles. The third-order valence-corrected chi connectivity index (χ3v) is 4.44. The number of carboxylic acids is 1. The lowest BCUT2D eigenvalue weighted by molar-refractivity contribution is 0.0690. The van der Waals surface area contributed by atoms with Crippen molar-refractivity contribution in [1.82, 2.24) is 10.3 Å². The molecule has 0 aliphatic rings. The number of carbonyl (C=O) groups excluding carboxylic acids is 1. The van der Waals surface area contributed by atoms with Gasteiger partial charge in [0.05, 0.1) is 0 Å². The Balaban J connectivity index is 2.58. The van der Waals surface area contributed by atoms with Crippen LogP contribution in [0.4, 0.5) is 0 Å². The van der Waals surface area contributed by atoms with Crippen molar-refractivity contribution >= 4 is 22.7 Å². The van der Waals surface area contributed by atoms with E-state index in [1.165, 1.54) is 18.3 Å². The number of amides is 1. The van der Waals surface area contributed by atoms with Gasteiger partial charge in [-0.3, -0.25) is 9.00 Å². The highest BCUT2D eigenvalue weighted by molar-refractivity contribution is 7.86. The van der Waals surface area contributed by atoms with Crippen molar-refractivity contribution in [3.05, 3.63) is 29.6 Å². The maximum absolute atomic E-state index is 11.8. The minimum Gasteiger partial charge on any atom is -0.477 e. The van der Waals surface area contributed by atoms with Crippen molar-refractivity contribution in [3.8, 4) is 0 Å². The van der Waals surface area contributed by atoms with E-state index in [0.717, 1.165) is 0 Å². The molecule has 110 valence electrons. The Hall–Kier alpha value is -1.76. The Morgan fingerprint density at radius 1 is 1.40 bits per heavy atom. The zero-order valence-corrected chi connectivity index (χ0v) is 12.5. The first kappa shape index (κ1) is 16.3. The number of pyridine rings is 1. The summed E-state index contributed by atoms with van der Waals surface area (Å²) in [6, 6.07) is 2.64. The molecule has 1 aromatic rings. The molecule has 1 heterocycles. The van der Waals surface area contributed by atoms with Crippen molar-refractivity contribution in [2.75, 3.05) is 12.3 Å². The van der Waals surface area contributed by atoms with E-state index < -0.39 is 22.7 Å². The van der Waals surface area contributed by atoms with Gasteiger partial charge in [0.1, 0.15) is 5.69 Å². The Kier molecular flexibility index (Phi) is 5.38. The van der Waals surface area contributed by atoms with Crippen LogP contribution in [0.1, 0.15) is 41.6 Å². The first-order chi connectivity index (χ1) is 9.21. The van der Waals surface area contributed by atoms with Crippen molar-refractivity contribution in [2.45, 2.75) is 25.5 Å². The third-order valence-electron chi connectivity index (χ3n) is 2.50. The molecule has 0 aliphatic heterocycles. The van der Waals surface area contributed by atoms with Gasteiger partial charge >= 0.3 is 5.97 Å². The molecular formula is C13H18N2O4S. The van der Waals surface area contributed by atoms with Gasteiger partial charge < -0.3 is 10.4 Å². The fourth-order valence-corrected chi connectivity index (χ4v) is 2.25. The number of rotatable bonds is 5. The molecule has 0 saturated heterocycles. The minimum atomic E-state index is -1.19. The summed E-state index contributed by atoms with van der Waals surface area (Å²) in [5.41, 5.74) is 0.0369. The molecule has 1 aromatic heterocycles. The minimum absolute atomic E-state index is 0.184. The summed E-state index contributed by atoms with van der Waals surface area (Å²) in [5.74, 6) is -1.24. The van der Waals surface area contributed by atoms with Crippen LogP contribution in [0.3, 0.4) is 0 Å². The molecule has 2 N–H and O–H groups in total. The SMILES string of the molecule is CC(C)(C)S(=O)CCNC(=O)c1ccnc(C(=O)O)c1. The second kappa shape index (κ2) is 6.60. The Labute approximate surface area is 120 Å². The lowest BCUT2D eigenvalue weighted by atomic mass is 10.2. The molecule has 0 radical (unpaired) electrons. The van der Waals surface area contributed by atoms with Gasteiger partial charge in [-0.15, -0.1) is 0 Å². The molecule has 1 rings (SSSR count). The van der Waals surface area contributed by atoms with Gasteiger partial charge in [-0.2, -0.15) is 0 Å². The number of carbonyl (C=O) groups is 2. The fourth-order valence-electron chi connectivity index (χ4n) is 1.35. The molecule has 0 spiro atoms. The first-order valence-electron chi connectivity index (χ1n) is 6.08. The molecule has 1 atom stereocenters. The van der Waals surface area contributed by atoms with Crippen LogP contribution in [0.15, 0.2) is 18.3 Å². The molecule has 0 fully saturated rings. The van der Waals surface area contributed by atoms with Crippen molar-refractivity contribution in [2.24, 2.45) is 0 Å². The van der Waals surface area contributed by atoms with Crippen LogP contribution in [0.5, 0.6) is 0 Å². The monoisotopic (exact) mass is 298 g/mol. The predicted molar refractivity (Wildman–Crippen MR) is 76.3 cm³/mol. The maximum atomic E-state index is 11.8. The summed E-state index contributed by atoms with van der Waals surface area (Å²) < 4.78 is 11.5. The summed E-state index contributed by atoms with van der Waals surface area (Å²) in [6.45, 7) is 5.88. The summed E-state index contributed by atoms with van der Waals surface area (Å²) in [4.78, 5) is 26.2. The fraction of sp³-hybridized carbons (Fsp3) is 0.462. The molecular weight excluding hydrogens is 280 g/mol. The zero-order valence-electron chi connectivity index (χ0n) is 11.7. The average Bonchev–Trinajstić information content (AvgIpc) is 2.37. The second-order valence-corrected chi connectivity index (χ2v) is 7.48. The Morgan fingerprint density at radius 2 is 2.05 bits per heavy atom. The first-order valence-corrected chi connectivity index (χ1v) is 7.39. The van der Waals surface area contributed by atoms with Gasteiger partial charge in [-0.05, 0) is 32.9 Å². The van der Waals surface area contributed by atoms with Crippen LogP contribution < -0.4 is 5.32 Å². The van der Waals surface area contributed by atoms with E-state index in [-0.39, 0.29) is 22.5 Å². The summed E-state index contributed by atoms with van der Waals surface area (Å²) in [5, 5.41) is 11.4. The number of aromatic carboxylic acids is 1. The summed E-state index contributed by atoms with van der Waals surface area (Å²) >= 11 is 0. The topological polar surface area (TPSA) is 96.4 Å². The number of nitrogens with zero attached hydrogens (tertiary/aromatic N) is 1. The molecule has 20 heavy (non-hydrogen) atoms. The maximum Gasteiger partial charge on any atom is 0.354 e. The molecule has 1 amide bonds. The van der Waals surface area contributed by atoms with E-state index in [9.17, 15) is 13.8 Å². The van der Waals surface area contributed by atoms with Crippen LogP contribution in [-0.2, 0) is 10.8 Å². The van der Waals surface area contributed by atoms with Gasteiger partial charge in [-0.1, -0.05) is 0 Å². The number of hydrogen-bond donors (Lipinski definition) is 2. The smallest absolute Gasteiger partial charge is 0.354 e. The van der Waals surface area contributed by atoms with E-state index in [4.69, 9.17) is 5.11 Å². The third kappa shape index (κ3) is 4.73. The van der Waals surface area contributed by atoms with E-state index in [1.54, 1.807) is 0 Å². The number of carboxylic acid groups (broad SMARTS) is 1. The zero-order chi connectivity index (χ0) is 15.3. The largest absolute Gasteiger partial charge is 0.477 e. The molecule has 0 saturated carbocycles. The Bertz CT molecular complexity index is 537. The van der Waals surface area contributed by atoms with E-state index >= 15 is 0 Å². The van der Waals surface area contributed by atoms with Gasteiger partial charge in [0.25, 0.3) is 5.91 Å². The predicted octanol–water partition coefficient (Wildman–Crippen LogP) is 1.06. The Morgan fingerprint density at radius 3 is 2.60 bits per heavy atom. The molecule has 6 nitrogen and oxygen atoms in total. The van der Waals surface area contributed by atoms with Gasteiger partial charge in [-0.25, -0.2) is 9.78 Å². The molecule has 0 aliphatic carbocycles. The highest BCUT2D eigenvalue weighted by atomic mass is 32.2. The highest BCUT2D eigenvalue weighted by Crippen LogP contribution is 2.10. The van der Waals surface area contributed by atoms with E-state index in [1.807, 2.05) is 20.8 Å². The lowest BCUT2D eigenvalue weighted by Crippen LogP contribution is -2.32. The van der Waals surface area contributed by atoms with Crippen molar-refractivity contribution in [1.29, 1.82) is 0 Å². The normalized spacial score (nSPS) is 12.8.